The maximum absolute atomic E-state index is 12.9. The van der Waals surface area contributed by atoms with E-state index in [2.05, 4.69) is 10.1 Å². The Morgan fingerprint density at radius 2 is 2.00 bits per heavy atom. The van der Waals surface area contributed by atoms with Gasteiger partial charge in [-0.25, -0.2) is 4.98 Å². The van der Waals surface area contributed by atoms with Crippen LogP contribution in [-0.4, -0.2) is 51.1 Å². The number of carbonyl (C=O) groups is 2. The molecule has 7 nitrogen and oxygen atoms in total. The number of thiophene rings is 1. The molecule has 2 aromatic rings. The van der Waals surface area contributed by atoms with E-state index < -0.39 is 0 Å². The van der Waals surface area contributed by atoms with Gasteiger partial charge in [-0.2, -0.15) is 11.3 Å². The monoisotopic (exact) mass is 345 g/mol. The van der Waals surface area contributed by atoms with E-state index in [9.17, 15) is 9.59 Å². The van der Waals surface area contributed by atoms with Crippen molar-refractivity contribution in [3.8, 4) is 0 Å². The number of anilines is 1. The standard InChI is InChI=1S/C16H19N5O2S/c1-19-11-17-13(18-19)14(22)20-6-3-16(4-7-20)5-8-21(15(16)23)12-2-9-24-10-12/h2,9-11H,3-8H2,1H3. The minimum Gasteiger partial charge on any atom is -0.336 e. The Kier molecular flexibility index (Phi) is 3.64. The predicted octanol–water partition coefficient (Wildman–Crippen LogP) is 1.54. The predicted molar refractivity (Wildman–Crippen MR) is 89.9 cm³/mol. The molecule has 2 saturated heterocycles. The van der Waals surface area contributed by atoms with Crippen molar-refractivity contribution in [2.24, 2.45) is 12.5 Å². The number of hydrogen-bond acceptors (Lipinski definition) is 5. The van der Waals surface area contributed by atoms with Crippen LogP contribution in [0.15, 0.2) is 23.2 Å². The SMILES string of the molecule is Cn1cnc(C(=O)N2CCC3(CC2)CCN(c2ccsc2)C3=O)n1. The van der Waals surface area contributed by atoms with Gasteiger partial charge in [0.2, 0.25) is 11.7 Å². The summed E-state index contributed by atoms with van der Waals surface area (Å²) >= 11 is 1.60. The summed E-state index contributed by atoms with van der Waals surface area (Å²) in [5.41, 5.74) is 0.689. The molecule has 8 heteroatoms. The van der Waals surface area contributed by atoms with E-state index in [-0.39, 0.29) is 23.1 Å². The van der Waals surface area contributed by atoms with Gasteiger partial charge in [0.25, 0.3) is 5.91 Å². The van der Waals surface area contributed by atoms with Crippen LogP contribution in [0.2, 0.25) is 0 Å². The first-order valence-corrected chi connectivity index (χ1v) is 9.02. The minimum atomic E-state index is -0.309. The summed E-state index contributed by atoms with van der Waals surface area (Å²) in [6.45, 7) is 1.94. The van der Waals surface area contributed by atoms with Gasteiger partial charge < -0.3 is 9.80 Å². The molecule has 2 fully saturated rings. The van der Waals surface area contributed by atoms with Crippen molar-refractivity contribution in [3.63, 3.8) is 0 Å². The highest BCUT2D eigenvalue weighted by atomic mass is 32.1. The number of rotatable bonds is 2. The molecule has 2 aromatic heterocycles. The minimum absolute atomic E-state index is 0.148. The lowest BCUT2D eigenvalue weighted by molar-refractivity contribution is -0.127. The summed E-state index contributed by atoms with van der Waals surface area (Å²) in [4.78, 5) is 33.1. The number of likely N-dealkylation sites (tertiary alicyclic amines) is 1. The Morgan fingerprint density at radius 1 is 1.25 bits per heavy atom. The fourth-order valence-electron chi connectivity index (χ4n) is 3.66. The number of aromatic nitrogens is 3. The molecule has 4 heterocycles. The van der Waals surface area contributed by atoms with E-state index in [0.717, 1.165) is 18.7 Å². The zero-order valence-electron chi connectivity index (χ0n) is 13.5. The summed E-state index contributed by atoms with van der Waals surface area (Å²) in [6.07, 6.45) is 3.82. The normalized spacial score (nSPS) is 20.1. The van der Waals surface area contributed by atoms with Crippen molar-refractivity contribution < 1.29 is 9.59 Å². The van der Waals surface area contributed by atoms with Crippen molar-refractivity contribution >= 4 is 28.8 Å². The van der Waals surface area contributed by atoms with Crippen LogP contribution < -0.4 is 4.90 Å². The van der Waals surface area contributed by atoms with Crippen LogP contribution in [0.5, 0.6) is 0 Å². The number of piperidine rings is 1. The lowest BCUT2D eigenvalue weighted by Crippen LogP contribution is -2.47. The van der Waals surface area contributed by atoms with Gasteiger partial charge in [0, 0.05) is 32.1 Å². The molecule has 2 aliphatic heterocycles. The molecule has 2 amide bonds. The second-order valence-electron chi connectivity index (χ2n) is 6.50. The highest BCUT2D eigenvalue weighted by Gasteiger charge is 2.49. The summed E-state index contributed by atoms with van der Waals surface area (Å²) in [6, 6.07) is 1.99. The van der Waals surface area contributed by atoms with Gasteiger partial charge in [0.1, 0.15) is 6.33 Å². The molecule has 0 aromatic carbocycles. The molecule has 2 aliphatic rings. The van der Waals surface area contributed by atoms with E-state index in [4.69, 9.17) is 0 Å². The average molecular weight is 345 g/mol. The highest BCUT2D eigenvalue weighted by Crippen LogP contribution is 2.43. The van der Waals surface area contributed by atoms with E-state index in [1.807, 2.05) is 21.7 Å². The summed E-state index contributed by atoms with van der Waals surface area (Å²) in [7, 11) is 1.74. The van der Waals surface area contributed by atoms with Gasteiger partial charge in [-0.3, -0.25) is 14.3 Å². The van der Waals surface area contributed by atoms with Crippen LogP contribution in [0.1, 0.15) is 29.9 Å². The molecule has 126 valence electrons. The Bertz CT molecular complexity index is 761. The van der Waals surface area contributed by atoms with Gasteiger partial charge in [0.15, 0.2) is 0 Å². The van der Waals surface area contributed by atoms with Gasteiger partial charge in [-0.05, 0) is 30.7 Å². The van der Waals surface area contributed by atoms with Crippen LogP contribution in [0.3, 0.4) is 0 Å². The molecule has 24 heavy (non-hydrogen) atoms. The zero-order valence-corrected chi connectivity index (χ0v) is 14.3. The highest BCUT2D eigenvalue weighted by molar-refractivity contribution is 7.08. The van der Waals surface area contributed by atoms with E-state index in [1.54, 1.807) is 23.3 Å². The van der Waals surface area contributed by atoms with Crippen molar-refractivity contribution in [1.29, 1.82) is 0 Å². The van der Waals surface area contributed by atoms with Crippen LogP contribution in [-0.2, 0) is 11.8 Å². The Labute approximate surface area is 143 Å². The van der Waals surface area contributed by atoms with Crippen molar-refractivity contribution in [2.75, 3.05) is 24.5 Å². The number of aryl methyl sites for hydroxylation is 1. The smallest absolute Gasteiger partial charge is 0.293 e. The summed E-state index contributed by atoms with van der Waals surface area (Å²) < 4.78 is 1.53. The van der Waals surface area contributed by atoms with Crippen LogP contribution in [0, 0.1) is 5.41 Å². The lowest BCUT2D eigenvalue weighted by Gasteiger charge is -2.37. The van der Waals surface area contributed by atoms with E-state index >= 15 is 0 Å². The average Bonchev–Trinajstić information content (AvgIpc) is 3.31. The van der Waals surface area contributed by atoms with E-state index in [0.29, 0.717) is 25.9 Å². The van der Waals surface area contributed by atoms with Gasteiger partial charge >= 0.3 is 0 Å². The quantitative estimate of drug-likeness (QED) is 0.828. The molecule has 0 N–H and O–H groups in total. The van der Waals surface area contributed by atoms with Crippen LogP contribution in [0.4, 0.5) is 5.69 Å². The first-order chi connectivity index (χ1) is 11.6. The Hall–Kier alpha value is -2.22. The lowest BCUT2D eigenvalue weighted by atomic mass is 9.77. The summed E-state index contributed by atoms with van der Waals surface area (Å²) in [5, 5.41) is 8.09. The maximum atomic E-state index is 12.9. The zero-order chi connectivity index (χ0) is 16.7. The second kappa shape index (κ2) is 5.70. The number of carbonyl (C=O) groups excluding carboxylic acids is 2. The van der Waals surface area contributed by atoms with Crippen LogP contribution in [0.25, 0.3) is 0 Å². The maximum Gasteiger partial charge on any atom is 0.293 e. The van der Waals surface area contributed by atoms with Crippen molar-refractivity contribution in [2.45, 2.75) is 19.3 Å². The van der Waals surface area contributed by atoms with E-state index in [1.165, 1.54) is 11.0 Å². The molecule has 0 unspecified atom stereocenters. The first kappa shape index (κ1) is 15.3. The Balaban J connectivity index is 1.44. The molecule has 4 rings (SSSR count). The molecule has 0 aliphatic carbocycles. The van der Waals surface area contributed by atoms with Crippen LogP contribution >= 0.6 is 11.3 Å². The second-order valence-corrected chi connectivity index (χ2v) is 7.28. The molecule has 0 radical (unpaired) electrons. The van der Waals surface area contributed by atoms with Crippen molar-refractivity contribution in [3.05, 3.63) is 29.0 Å². The topological polar surface area (TPSA) is 71.3 Å². The fourth-order valence-corrected chi connectivity index (χ4v) is 4.30. The third kappa shape index (κ3) is 2.41. The van der Waals surface area contributed by atoms with Gasteiger partial charge in [-0.15, -0.1) is 5.10 Å². The molecular weight excluding hydrogens is 326 g/mol. The molecule has 1 spiro atoms. The molecule has 0 saturated carbocycles. The number of amides is 2. The van der Waals surface area contributed by atoms with Crippen molar-refractivity contribution in [1.82, 2.24) is 19.7 Å². The largest absolute Gasteiger partial charge is 0.336 e. The van der Waals surface area contributed by atoms with Gasteiger partial charge in [0.05, 0.1) is 11.1 Å². The summed E-state index contributed by atoms with van der Waals surface area (Å²) in [5.74, 6) is 0.292. The molecule has 0 bridgehead atoms. The third-order valence-corrected chi connectivity index (χ3v) is 5.80. The Morgan fingerprint density at radius 3 is 2.62 bits per heavy atom. The van der Waals surface area contributed by atoms with Gasteiger partial charge in [-0.1, -0.05) is 0 Å². The number of hydrogen-bond donors (Lipinski definition) is 0. The third-order valence-electron chi connectivity index (χ3n) is 5.13. The molecular formula is C16H19N5O2S. The first-order valence-electron chi connectivity index (χ1n) is 8.08. The molecule has 0 atom stereocenters. The number of nitrogens with zero attached hydrogens (tertiary/aromatic N) is 5. The fraction of sp³-hybridized carbons (Fsp3) is 0.500.